The number of hydrogen-bond acceptors (Lipinski definition) is 10. The Kier molecular flexibility index (Phi) is 11.1. The second kappa shape index (κ2) is 14.1. The summed E-state index contributed by atoms with van der Waals surface area (Å²) in [6, 6.07) is 6.54. The van der Waals surface area contributed by atoms with Crippen LogP contribution >= 0.6 is 0 Å². The van der Waals surface area contributed by atoms with Crippen molar-refractivity contribution in [2.24, 2.45) is 5.73 Å². The van der Waals surface area contributed by atoms with Gasteiger partial charge in [-0.1, -0.05) is 6.92 Å². The van der Waals surface area contributed by atoms with E-state index in [4.69, 9.17) is 34.2 Å². The molecule has 0 spiro atoms. The second-order valence-electron chi connectivity index (χ2n) is 9.53. The zero-order valence-corrected chi connectivity index (χ0v) is 24.2. The number of benzene rings is 2. The summed E-state index contributed by atoms with van der Waals surface area (Å²) in [5.41, 5.74) is 7.40. The molecule has 1 heterocycles. The first-order valence-corrected chi connectivity index (χ1v) is 14.8. The summed E-state index contributed by atoms with van der Waals surface area (Å²) < 4.78 is 61.6. The maximum atomic E-state index is 13.4. The standard InChI is InChI=1S/C28H41NO9S/c1-6-11-37-28-25(36-12-7-10-30)15-20(16-26(28)39(31,32)17-18(2)29)22-9-8-21(38-22)19-13-23(33-3)27(35-5)24(14-19)34-4/h13-16,18,21-22,30H,6-12,17,29H2,1-5H3/t18?,21-,22-/m0/s1. The summed E-state index contributed by atoms with van der Waals surface area (Å²) in [5, 5.41) is 9.24. The largest absolute Gasteiger partial charge is 0.493 e. The van der Waals surface area contributed by atoms with E-state index in [2.05, 4.69) is 0 Å². The number of sulfone groups is 1. The van der Waals surface area contributed by atoms with Gasteiger partial charge < -0.3 is 39.3 Å². The van der Waals surface area contributed by atoms with Gasteiger partial charge in [-0.25, -0.2) is 8.42 Å². The van der Waals surface area contributed by atoms with Crippen LogP contribution in [0.15, 0.2) is 29.2 Å². The smallest absolute Gasteiger partial charge is 0.203 e. The van der Waals surface area contributed by atoms with E-state index in [1.54, 1.807) is 40.4 Å². The highest BCUT2D eigenvalue weighted by Crippen LogP contribution is 2.48. The van der Waals surface area contributed by atoms with Crippen LogP contribution in [0, 0.1) is 0 Å². The van der Waals surface area contributed by atoms with E-state index in [-0.39, 0.29) is 35.7 Å². The van der Waals surface area contributed by atoms with Gasteiger partial charge in [0.25, 0.3) is 0 Å². The molecule has 1 fully saturated rings. The van der Waals surface area contributed by atoms with Crippen LogP contribution in [0.1, 0.15) is 62.9 Å². The Morgan fingerprint density at radius 2 is 1.51 bits per heavy atom. The van der Waals surface area contributed by atoms with Crippen molar-refractivity contribution in [1.82, 2.24) is 0 Å². The summed E-state index contributed by atoms with van der Waals surface area (Å²) in [7, 11) is 0.869. The number of hydrogen-bond donors (Lipinski definition) is 2. The lowest BCUT2D eigenvalue weighted by Gasteiger charge is -2.21. The van der Waals surface area contributed by atoms with Crippen molar-refractivity contribution in [3.63, 3.8) is 0 Å². The van der Waals surface area contributed by atoms with Crippen LogP contribution in [0.3, 0.4) is 0 Å². The van der Waals surface area contributed by atoms with Crippen molar-refractivity contribution in [3.05, 3.63) is 35.4 Å². The van der Waals surface area contributed by atoms with Crippen LogP contribution in [0.2, 0.25) is 0 Å². The summed E-state index contributed by atoms with van der Waals surface area (Å²) in [4.78, 5) is 0.0320. The van der Waals surface area contributed by atoms with Crippen molar-refractivity contribution in [1.29, 1.82) is 0 Å². The molecule has 11 heteroatoms. The van der Waals surface area contributed by atoms with Gasteiger partial charge in [0.15, 0.2) is 32.8 Å². The van der Waals surface area contributed by atoms with Crippen molar-refractivity contribution in [3.8, 4) is 28.7 Å². The molecule has 39 heavy (non-hydrogen) atoms. The zero-order valence-electron chi connectivity index (χ0n) is 23.4. The lowest BCUT2D eigenvalue weighted by molar-refractivity contribution is 0.0434. The lowest BCUT2D eigenvalue weighted by Crippen LogP contribution is -2.26. The van der Waals surface area contributed by atoms with Crippen molar-refractivity contribution >= 4 is 9.84 Å². The predicted molar refractivity (Wildman–Crippen MR) is 147 cm³/mol. The first-order valence-electron chi connectivity index (χ1n) is 13.2. The first-order chi connectivity index (χ1) is 18.7. The Bertz CT molecular complexity index is 1170. The number of aliphatic hydroxyl groups excluding tert-OH is 1. The molecular weight excluding hydrogens is 526 g/mol. The molecule has 3 rings (SSSR count). The molecular formula is C28H41NO9S. The highest BCUT2D eigenvalue weighted by Gasteiger charge is 2.33. The fourth-order valence-corrected chi connectivity index (χ4v) is 6.19. The minimum atomic E-state index is -3.80. The maximum absolute atomic E-state index is 13.4. The SMILES string of the molecule is CCCOc1c(OCCCO)cc([C@@H]2CC[C@@H](c3cc(OC)c(OC)c(OC)c3)O2)cc1S(=O)(=O)CC(C)N. The van der Waals surface area contributed by atoms with Crippen LogP contribution in [-0.2, 0) is 14.6 Å². The van der Waals surface area contributed by atoms with Gasteiger partial charge in [-0.05, 0) is 61.6 Å². The third-order valence-electron chi connectivity index (χ3n) is 6.32. The first kappa shape index (κ1) is 30.8. The molecule has 3 N–H and O–H groups in total. The van der Waals surface area contributed by atoms with Crippen LogP contribution < -0.4 is 29.4 Å². The summed E-state index contributed by atoms with van der Waals surface area (Å²) in [5.74, 6) is 1.78. The molecule has 0 bridgehead atoms. The average Bonchev–Trinajstić information content (AvgIpc) is 3.41. The Morgan fingerprint density at radius 1 is 0.923 bits per heavy atom. The topological polar surface area (TPSA) is 136 Å². The number of nitrogens with two attached hydrogens (primary N) is 1. The molecule has 2 aromatic carbocycles. The van der Waals surface area contributed by atoms with Gasteiger partial charge in [-0.3, -0.25) is 0 Å². The lowest BCUT2D eigenvalue weighted by atomic mass is 10.0. The van der Waals surface area contributed by atoms with Crippen molar-refractivity contribution in [2.45, 2.75) is 62.7 Å². The average molecular weight is 568 g/mol. The van der Waals surface area contributed by atoms with Crippen molar-refractivity contribution in [2.75, 3.05) is 46.9 Å². The third kappa shape index (κ3) is 7.47. The molecule has 2 aromatic rings. The van der Waals surface area contributed by atoms with E-state index >= 15 is 0 Å². The zero-order chi connectivity index (χ0) is 28.6. The number of ether oxygens (including phenoxy) is 6. The van der Waals surface area contributed by atoms with Crippen molar-refractivity contribution < 1.29 is 41.9 Å². The Labute approximate surface area is 231 Å². The summed E-state index contributed by atoms with van der Waals surface area (Å²) in [6.07, 6.45) is 1.76. The van der Waals surface area contributed by atoms with Gasteiger partial charge in [0.05, 0.1) is 52.5 Å². The monoisotopic (exact) mass is 567 g/mol. The molecule has 218 valence electrons. The Morgan fingerprint density at radius 3 is 2.03 bits per heavy atom. The van der Waals surface area contributed by atoms with Crippen LogP contribution in [0.5, 0.6) is 28.7 Å². The second-order valence-corrected chi connectivity index (χ2v) is 11.5. The third-order valence-corrected chi connectivity index (χ3v) is 8.26. The van der Waals surface area contributed by atoms with E-state index in [0.717, 1.165) is 5.56 Å². The quantitative estimate of drug-likeness (QED) is 0.304. The summed E-state index contributed by atoms with van der Waals surface area (Å²) in [6.45, 7) is 4.05. The number of methoxy groups -OCH3 is 3. The maximum Gasteiger partial charge on any atom is 0.203 e. The van der Waals surface area contributed by atoms with Gasteiger partial charge in [-0.2, -0.15) is 0 Å². The molecule has 0 aliphatic carbocycles. The molecule has 0 saturated carbocycles. The molecule has 3 atom stereocenters. The molecule has 1 saturated heterocycles. The minimum absolute atomic E-state index is 0.0320. The van der Waals surface area contributed by atoms with E-state index in [1.165, 1.54) is 0 Å². The van der Waals surface area contributed by atoms with E-state index in [9.17, 15) is 13.5 Å². The number of rotatable bonds is 15. The van der Waals surface area contributed by atoms with Gasteiger partial charge in [0.2, 0.25) is 5.75 Å². The molecule has 1 aliphatic heterocycles. The summed E-state index contributed by atoms with van der Waals surface area (Å²) >= 11 is 0. The predicted octanol–water partition coefficient (Wildman–Crippen LogP) is 3.98. The fraction of sp³-hybridized carbons (Fsp3) is 0.571. The van der Waals surface area contributed by atoms with E-state index in [0.29, 0.717) is 60.9 Å². The highest BCUT2D eigenvalue weighted by molar-refractivity contribution is 7.91. The van der Waals surface area contributed by atoms with E-state index in [1.807, 2.05) is 19.1 Å². The van der Waals surface area contributed by atoms with Crippen LogP contribution in [0.25, 0.3) is 0 Å². The van der Waals surface area contributed by atoms with Crippen LogP contribution in [-0.4, -0.2) is 66.5 Å². The van der Waals surface area contributed by atoms with Gasteiger partial charge in [0.1, 0.15) is 4.90 Å². The van der Waals surface area contributed by atoms with Gasteiger partial charge in [-0.15, -0.1) is 0 Å². The molecule has 1 aliphatic rings. The molecule has 0 amide bonds. The minimum Gasteiger partial charge on any atom is -0.493 e. The Hall–Kier alpha value is -2.73. The van der Waals surface area contributed by atoms with Gasteiger partial charge in [0, 0.05) is 19.1 Å². The fourth-order valence-electron chi connectivity index (χ4n) is 4.56. The normalized spacial score (nSPS) is 18.0. The molecule has 10 nitrogen and oxygen atoms in total. The van der Waals surface area contributed by atoms with Gasteiger partial charge >= 0.3 is 0 Å². The molecule has 0 radical (unpaired) electrons. The molecule has 0 aromatic heterocycles. The van der Waals surface area contributed by atoms with Crippen LogP contribution in [0.4, 0.5) is 0 Å². The number of aliphatic hydroxyl groups is 1. The Balaban J connectivity index is 2.03. The highest BCUT2D eigenvalue weighted by atomic mass is 32.2. The van der Waals surface area contributed by atoms with E-state index < -0.39 is 22.0 Å². The molecule has 1 unspecified atom stereocenters.